The van der Waals surface area contributed by atoms with Crippen molar-refractivity contribution < 1.29 is 22.8 Å². The number of alkyl halides is 3. The minimum absolute atomic E-state index is 0.00783. The van der Waals surface area contributed by atoms with Gasteiger partial charge in [-0.1, -0.05) is 29.8 Å². The van der Waals surface area contributed by atoms with E-state index in [1.807, 2.05) is 38.1 Å². The fourth-order valence-corrected chi connectivity index (χ4v) is 4.66. The lowest BCUT2D eigenvalue weighted by atomic mass is 9.92. The van der Waals surface area contributed by atoms with Crippen LogP contribution < -0.4 is 10.6 Å². The number of benzene rings is 3. The van der Waals surface area contributed by atoms with Crippen LogP contribution in [0, 0.1) is 13.8 Å². The molecule has 0 fully saturated rings. The average Bonchev–Trinajstić information content (AvgIpc) is 3.19. The fraction of sp³-hybridized carbons (Fsp3) is 0.286. The highest BCUT2D eigenvalue weighted by Crippen LogP contribution is 2.34. The first-order valence-corrected chi connectivity index (χ1v) is 11.6. The van der Waals surface area contributed by atoms with Crippen LogP contribution in [0.5, 0.6) is 0 Å². The first-order chi connectivity index (χ1) is 16.9. The van der Waals surface area contributed by atoms with E-state index in [0.717, 1.165) is 40.8 Å². The zero-order valence-corrected chi connectivity index (χ0v) is 20.6. The number of nitrogens with one attached hydrogen (secondary N) is 2. The summed E-state index contributed by atoms with van der Waals surface area (Å²) in [6.45, 7) is 3.71. The van der Waals surface area contributed by atoms with E-state index in [9.17, 15) is 22.8 Å². The topological polar surface area (TPSA) is 61.4 Å². The van der Waals surface area contributed by atoms with Crippen molar-refractivity contribution in [1.29, 1.82) is 0 Å². The molecule has 3 aromatic rings. The van der Waals surface area contributed by atoms with Crippen LogP contribution in [0.3, 0.4) is 0 Å². The van der Waals surface area contributed by atoms with Crippen LogP contribution in [0.15, 0.2) is 54.6 Å². The van der Waals surface area contributed by atoms with Crippen LogP contribution in [0.4, 0.5) is 23.7 Å². The summed E-state index contributed by atoms with van der Waals surface area (Å²) >= 11 is 0. The van der Waals surface area contributed by atoms with Gasteiger partial charge >= 0.3 is 12.2 Å². The van der Waals surface area contributed by atoms with Crippen molar-refractivity contribution in [3.8, 4) is 11.1 Å². The van der Waals surface area contributed by atoms with Crippen LogP contribution in [0.1, 0.15) is 38.2 Å². The van der Waals surface area contributed by atoms with Crippen LogP contribution >= 0.6 is 0 Å². The first kappa shape index (κ1) is 25.3. The summed E-state index contributed by atoms with van der Waals surface area (Å²) in [5, 5.41) is 5.94. The van der Waals surface area contributed by atoms with Gasteiger partial charge in [-0.05, 0) is 84.8 Å². The summed E-state index contributed by atoms with van der Waals surface area (Å²) in [7, 11) is 3.38. The Labute approximate surface area is 208 Å². The molecule has 0 saturated heterocycles. The highest BCUT2D eigenvalue weighted by atomic mass is 19.4. The van der Waals surface area contributed by atoms with E-state index in [1.54, 1.807) is 20.2 Å². The van der Waals surface area contributed by atoms with Crippen molar-refractivity contribution in [2.24, 2.45) is 0 Å². The molecule has 8 heteroatoms. The molecule has 2 N–H and O–H groups in total. The average molecular weight is 496 g/mol. The number of amides is 3. The van der Waals surface area contributed by atoms with Gasteiger partial charge in [-0.25, -0.2) is 4.79 Å². The Bertz CT molecular complexity index is 1310. The highest BCUT2D eigenvalue weighted by molar-refractivity contribution is 6.09. The molecule has 36 heavy (non-hydrogen) atoms. The SMILES string of the molecule is Cc1cc(C)c(-c2ccc(C(F)(F)F)cc2)c(C(=O)Nc2ccc3c(c2)CC(NC(=O)N(C)C)C3)c1. The second kappa shape index (κ2) is 9.68. The number of anilines is 1. The lowest BCUT2D eigenvalue weighted by Crippen LogP contribution is -2.41. The molecule has 0 saturated carbocycles. The molecule has 0 bridgehead atoms. The first-order valence-electron chi connectivity index (χ1n) is 11.6. The van der Waals surface area contributed by atoms with Gasteiger partial charge in [-0.2, -0.15) is 13.2 Å². The molecule has 4 rings (SSSR count). The van der Waals surface area contributed by atoms with Gasteiger partial charge < -0.3 is 15.5 Å². The third kappa shape index (κ3) is 5.37. The monoisotopic (exact) mass is 495 g/mol. The molecule has 1 aliphatic carbocycles. The number of hydrogen-bond acceptors (Lipinski definition) is 2. The third-order valence-corrected chi connectivity index (χ3v) is 6.36. The van der Waals surface area contributed by atoms with Gasteiger partial charge in [-0.15, -0.1) is 0 Å². The lowest BCUT2D eigenvalue weighted by Gasteiger charge is -2.16. The molecular weight excluding hydrogens is 467 g/mol. The van der Waals surface area contributed by atoms with E-state index in [2.05, 4.69) is 10.6 Å². The summed E-state index contributed by atoms with van der Waals surface area (Å²) in [6.07, 6.45) is -3.04. The predicted molar refractivity (Wildman–Crippen MR) is 134 cm³/mol. The van der Waals surface area contributed by atoms with Gasteiger partial charge in [-0.3, -0.25) is 4.79 Å². The normalized spacial score (nSPS) is 14.8. The zero-order valence-electron chi connectivity index (χ0n) is 20.6. The van der Waals surface area contributed by atoms with Crippen molar-refractivity contribution in [1.82, 2.24) is 10.2 Å². The molecule has 1 aliphatic rings. The molecule has 0 aliphatic heterocycles. The Kier molecular flexibility index (Phi) is 6.80. The van der Waals surface area contributed by atoms with Crippen molar-refractivity contribution in [3.05, 3.63) is 88.0 Å². The van der Waals surface area contributed by atoms with Crippen LogP contribution in [0.25, 0.3) is 11.1 Å². The Morgan fingerprint density at radius 2 is 1.58 bits per heavy atom. The maximum Gasteiger partial charge on any atom is 0.416 e. The van der Waals surface area contributed by atoms with E-state index in [1.165, 1.54) is 17.0 Å². The zero-order chi connectivity index (χ0) is 26.2. The smallest absolute Gasteiger partial charge is 0.335 e. The van der Waals surface area contributed by atoms with E-state index in [4.69, 9.17) is 0 Å². The molecule has 0 radical (unpaired) electrons. The van der Waals surface area contributed by atoms with Gasteiger partial charge in [0.1, 0.15) is 0 Å². The number of nitrogens with zero attached hydrogens (tertiary/aromatic N) is 1. The Morgan fingerprint density at radius 3 is 2.22 bits per heavy atom. The van der Waals surface area contributed by atoms with E-state index >= 15 is 0 Å². The molecule has 3 amide bonds. The van der Waals surface area contributed by atoms with Crippen molar-refractivity contribution in [3.63, 3.8) is 0 Å². The maximum absolute atomic E-state index is 13.4. The molecule has 0 aromatic heterocycles. The number of fused-ring (bicyclic) bond motifs is 1. The minimum Gasteiger partial charge on any atom is -0.335 e. The second-order valence-corrected chi connectivity index (χ2v) is 9.47. The number of aryl methyl sites for hydroxylation is 2. The van der Waals surface area contributed by atoms with Crippen LogP contribution in [0.2, 0.25) is 0 Å². The number of carbonyl (C=O) groups is 2. The van der Waals surface area contributed by atoms with E-state index < -0.39 is 11.7 Å². The Morgan fingerprint density at radius 1 is 0.917 bits per heavy atom. The number of rotatable bonds is 4. The van der Waals surface area contributed by atoms with Crippen molar-refractivity contribution in [2.75, 3.05) is 19.4 Å². The lowest BCUT2D eigenvalue weighted by molar-refractivity contribution is -0.137. The summed E-state index contributed by atoms with van der Waals surface area (Å²) < 4.78 is 39.1. The molecule has 188 valence electrons. The minimum atomic E-state index is -4.43. The number of hydrogen-bond donors (Lipinski definition) is 2. The number of halogens is 3. The summed E-state index contributed by atoms with van der Waals surface area (Å²) in [6, 6.07) is 14.0. The van der Waals surface area contributed by atoms with E-state index in [0.29, 0.717) is 28.8 Å². The van der Waals surface area contributed by atoms with Crippen LogP contribution in [-0.2, 0) is 19.0 Å². The van der Waals surface area contributed by atoms with Gasteiger partial charge in [0.25, 0.3) is 5.91 Å². The summed E-state index contributed by atoms with van der Waals surface area (Å²) in [4.78, 5) is 26.9. The summed E-state index contributed by atoms with van der Waals surface area (Å²) in [5.41, 5.74) is 5.27. The number of urea groups is 1. The van der Waals surface area contributed by atoms with Gasteiger partial charge in [0.2, 0.25) is 0 Å². The van der Waals surface area contributed by atoms with Gasteiger partial charge in [0, 0.05) is 31.4 Å². The number of carbonyl (C=O) groups excluding carboxylic acids is 2. The standard InChI is InChI=1S/C28H28F3N3O2/c1-16-11-17(2)25(18-5-8-21(9-6-18)28(29,30)31)24(12-16)26(35)32-22-10-7-19-13-23(15-20(19)14-22)33-27(36)34(3)4/h5-12,14,23H,13,15H2,1-4H3,(H,32,35)(H,33,36). The Hall–Kier alpha value is -3.81. The molecule has 1 unspecified atom stereocenters. The van der Waals surface area contributed by atoms with E-state index in [-0.39, 0.29) is 18.0 Å². The molecule has 3 aromatic carbocycles. The van der Waals surface area contributed by atoms with Crippen LogP contribution in [-0.4, -0.2) is 37.0 Å². The van der Waals surface area contributed by atoms with Crippen molar-refractivity contribution >= 4 is 17.6 Å². The fourth-order valence-electron chi connectivity index (χ4n) is 4.66. The molecule has 0 spiro atoms. The molecule has 1 atom stereocenters. The van der Waals surface area contributed by atoms with Gasteiger partial charge in [0.15, 0.2) is 0 Å². The molecule has 5 nitrogen and oxygen atoms in total. The highest BCUT2D eigenvalue weighted by Gasteiger charge is 2.30. The second-order valence-electron chi connectivity index (χ2n) is 9.47. The Balaban J connectivity index is 1.58. The molecular formula is C28H28F3N3O2. The predicted octanol–water partition coefficient (Wildman–Crippen LogP) is 5.98. The van der Waals surface area contributed by atoms with Gasteiger partial charge in [0.05, 0.1) is 5.56 Å². The summed E-state index contributed by atoms with van der Waals surface area (Å²) in [5.74, 6) is -0.341. The molecule has 0 heterocycles. The quantitative estimate of drug-likeness (QED) is 0.468. The maximum atomic E-state index is 13.4. The third-order valence-electron chi connectivity index (χ3n) is 6.36. The largest absolute Gasteiger partial charge is 0.416 e. The van der Waals surface area contributed by atoms with Crippen molar-refractivity contribution in [2.45, 2.75) is 38.9 Å².